The Morgan fingerprint density at radius 1 is 0.872 bits per heavy atom. The van der Waals surface area contributed by atoms with Crippen LogP contribution in [0.2, 0.25) is 0 Å². The Morgan fingerprint density at radius 2 is 1.56 bits per heavy atom. The van der Waals surface area contributed by atoms with Gasteiger partial charge in [-0.3, -0.25) is 4.79 Å². The van der Waals surface area contributed by atoms with E-state index >= 15 is 0 Å². The number of hydrogen-bond acceptors (Lipinski definition) is 9. The number of rotatable bonds is 12. The molecule has 0 atom stereocenters. The number of carbonyl (C=O) groups excluding carboxylic acids is 1. The van der Waals surface area contributed by atoms with Gasteiger partial charge in [0.1, 0.15) is 12.3 Å². The lowest BCUT2D eigenvalue weighted by Gasteiger charge is -2.13. The highest BCUT2D eigenvalue weighted by Gasteiger charge is 2.16. The molecule has 4 rings (SSSR count). The van der Waals surface area contributed by atoms with E-state index in [9.17, 15) is 4.79 Å². The molecule has 0 unspecified atom stereocenters. The second kappa shape index (κ2) is 12.5. The summed E-state index contributed by atoms with van der Waals surface area (Å²) in [4.78, 5) is 12.9. The molecule has 202 valence electrons. The molecule has 0 saturated heterocycles. The highest BCUT2D eigenvalue weighted by molar-refractivity contribution is 6.07. The number of nitrogen functional groups attached to an aromatic ring is 1. The Balaban J connectivity index is 1.45. The molecule has 4 aromatic rings. The molecule has 0 amide bonds. The number of ketones is 1. The van der Waals surface area contributed by atoms with Gasteiger partial charge in [-0.05, 0) is 53.6 Å². The summed E-state index contributed by atoms with van der Waals surface area (Å²) in [5, 5.41) is 8.36. The third-order valence-electron chi connectivity index (χ3n) is 5.85. The second-order valence-corrected chi connectivity index (χ2v) is 8.46. The Hall–Kier alpha value is -4.99. The second-order valence-electron chi connectivity index (χ2n) is 8.46. The monoisotopic (exact) mass is 530 g/mol. The summed E-state index contributed by atoms with van der Waals surface area (Å²) in [5.41, 5.74) is 9.32. The van der Waals surface area contributed by atoms with Crippen molar-refractivity contribution in [1.82, 2.24) is 15.0 Å². The van der Waals surface area contributed by atoms with Crippen molar-refractivity contribution in [3.63, 3.8) is 0 Å². The van der Waals surface area contributed by atoms with E-state index in [-0.39, 0.29) is 12.4 Å². The number of nitrogens with zero attached hydrogens (tertiary/aromatic N) is 3. The van der Waals surface area contributed by atoms with Crippen LogP contribution in [0.3, 0.4) is 0 Å². The van der Waals surface area contributed by atoms with E-state index in [2.05, 4.69) is 10.3 Å². The highest BCUT2D eigenvalue weighted by Crippen LogP contribution is 2.38. The van der Waals surface area contributed by atoms with E-state index in [4.69, 9.17) is 29.4 Å². The minimum Gasteiger partial charge on any atom is -0.493 e. The van der Waals surface area contributed by atoms with Crippen LogP contribution in [0.4, 0.5) is 5.69 Å². The van der Waals surface area contributed by atoms with E-state index < -0.39 is 0 Å². The van der Waals surface area contributed by atoms with E-state index in [0.717, 1.165) is 11.1 Å². The van der Waals surface area contributed by atoms with Crippen LogP contribution in [-0.4, -0.2) is 49.2 Å². The van der Waals surface area contributed by atoms with Crippen LogP contribution < -0.4 is 29.4 Å². The molecule has 0 radical (unpaired) electrons. The van der Waals surface area contributed by atoms with Gasteiger partial charge in [0.25, 0.3) is 0 Å². The zero-order valence-electron chi connectivity index (χ0n) is 22.2. The molecule has 1 aromatic heterocycles. The highest BCUT2D eigenvalue weighted by atomic mass is 16.5. The number of benzene rings is 3. The number of carbonyl (C=O) groups is 1. The molecule has 10 heteroatoms. The Kier molecular flexibility index (Phi) is 8.67. The minimum absolute atomic E-state index is 0.190. The van der Waals surface area contributed by atoms with Crippen LogP contribution in [0.5, 0.6) is 28.7 Å². The topological polar surface area (TPSA) is 120 Å². The summed E-state index contributed by atoms with van der Waals surface area (Å²) >= 11 is 0. The third-order valence-corrected chi connectivity index (χ3v) is 5.85. The molecule has 0 aliphatic carbocycles. The van der Waals surface area contributed by atoms with Crippen molar-refractivity contribution in [1.29, 1.82) is 0 Å². The Bertz CT molecular complexity index is 1440. The van der Waals surface area contributed by atoms with Crippen molar-refractivity contribution in [3.05, 3.63) is 89.3 Å². The number of aromatic nitrogens is 3. The predicted octanol–water partition coefficient (Wildman–Crippen LogP) is 4.42. The maximum Gasteiger partial charge on any atom is 0.203 e. The van der Waals surface area contributed by atoms with Crippen LogP contribution in [0, 0.1) is 0 Å². The number of ether oxygens (including phenoxy) is 5. The Labute approximate surface area is 226 Å². The van der Waals surface area contributed by atoms with Crippen LogP contribution in [0.15, 0.2) is 66.9 Å². The minimum atomic E-state index is -0.231. The number of nitrogens with two attached hydrogens (primary N) is 1. The van der Waals surface area contributed by atoms with E-state index in [0.29, 0.717) is 52.2 Å². The first kappa shape index (κ1) is 27.1. The summed E-state index contributed by atoms with van der Waals surface area (Å²) in [6.45, 7) is 0.756. The van der Waals surface area contributed by atoms with E-state index in [1.165, 1.54) is 27.4 Å². The molecule has 0 aliphatic heterocycles. The third kappa shape index (κ3) is 6.67. The first-order valence-electron chi connectivity index (χ1n) is 12.0. The largest absolute Gasteiger partial charge is 0.493 e. The molecule has 3 aromatic carbocycles. The summed E-state index contributed by atoms with van der Waals surface area (Å²) in [6, 6.07) is 16.2. The molecule has 0 saturated carbocycles. The van der Waals surface area contributed by atoms with Gasteiger partial charge < -0.3 is 29.4 Å². The van der Waals surface area contributed by atoms with Crippen molar-refractivity contribution >= 4 is 17.5 Å². The van der Waals surface area contributed by atoms with Gasteiger partial charge in [-0.1, -0.05) is 29.5 Å². The molecule has 39 heavy (non-hydrogen) atoms. The fourth-order valence-electron chi connectivity index (χ4n) is 3.84. The van der Waals surface area contributed by atoms with Crippen LogP contribution in [0.25, 0.3) is 6.08 Å². The van der Waals surface area contributed by atoms with Crippen LogP contribution in [0.1, 0.15) is 27.2 Å². The molecule has 0 spiro atoms. The number of methoxy groups -OCH3 is 4. The first-order valence-corrected chi connectivity index (χ1v) is 12.0. The molecule has 0 aliphatic rings. The summed E-state index contributed by atoms with van der Waals surface area (Å²) in [5.74, 6) is 2.05. The number of hydrogen-bond donors (Lipinski definition) is 1. The average molecular weight is 531 g/mol. The van der Waals surface area contributed by atoms with Crippen LogP contribution in [-0.2, 0) is 13.2 Å². The lowest BCUT2D eigenvalue weighted by atomic mass is 10.1. The fraction of sp³-hybridized carbons (Fsp3) is 0.207. The average Bonchev–Trinajstić information content (AvgIpc) is 3.42. The van der Waals surface area contributed by atoms with Gasteiger partial charge in [-0.2, -0.15) is 0 Å². The normalized spacial score (nSPS) is 10.9. The van der Waals surface area contributed by atoms with Gasteiger partial charge in [0.15, 0.2) is 28.8 Å². The maximum atomic E-state index is 12.9. The lowest BCUT2D eigenvalue weighted by Crippen LogP contribution is -2.01. The molecule has 0 bridgehead atoms. The smallest absolute Gasteiger partial charge is 0.203 e. The molecular weight excluding hydrogens is 500 g/mol. The standard InChI is InChI=1S/C29H30N4O6/c1-35-25-12-8-19(7-11-24(34)21-14-27(36-2)29(38-4)28(15-21)37-3)13-26(25)39-18-23-17-33(32-31-23)16-20-5-9-22(30)10-6-20/h5-15,17H,16,18,30H2,1-4H3/b11-7+. The maximum absolute atomic E-state index is 12.9. The van der Waals surface area contributed by atoms with Gasteiger partial charge in [0, 0.05) is 11.3 Å². The van der Waals surface area contributed by atoms with Gasteiger partial charge in [0.2, 0.25) is 5.75 Å². The lowest BCUT2D eigenvalue weighted by molar-refractivity contribution is 0.104. The van der Waals surface area contributed by atoms with Crippen molar-refractivity contribution in [2.24, 2.45) is 0 Å². The van der Waals surface area contributed by atoms with Crippen LogP contribution >= 0.6 is 0 Å². The van der Waals surface area contributed by atoms with Gasteiger partial charge in [-0.25, -0.2) is 4.68 Å². The van der Waals surface area contributed by atoms with Gasteiger partial charge in [0.05, 0.1) is 41.2 Å². The van der Waals surface area contributed by atoms with E-state index in [1.54, 1.807) is 42.1 Å². The van der Waals surface area contributed by atoms with Crippen molar-refractivity contribution < 1.29 is 28.5 Å². The predicted molar refractivity (Wildman–Crippen MR) is 147 cm³/mol. The van der Waals surface area contributed by atoms with Gasteiger partial charge >= 0.3 is 0 Å². The molecule has 1 heterocycles. The molecule has 0 fully saturated rings. The SMILES string of the molecule is COc1ccc(/C=C/C(=O)c2cc(OC)c(OC)c(OC)c2)cc1OCc1cn(Cc2ccc(N)cc2)nn1. The zero-order chi connectivity index (χ0) is 27.8. The summed E-state index contributed by atoms with van der Waals surface area (Å²) in [7, 11) is 6.07. The van der Waals surface area contributed by atoms with Crippen molar-refractivity contribution in [2.75, 3.05) is 34.2 Å². The van der Waals surface area contributed by atoms with Gasteiger partial charge in [-0.15, -0.1) is 5.10 Å². The summed E-state index contributed by atoms with van der Waals surface area (Å²) in [6.07, 6.45) is 4.98. The van der Waals surface area contributed by atoms with E-state index in [1.807, 2.05) is 36.5 Å². The summed E-state index contributed by atoms with van der Waals surface area (Å²) < 4.78 is 29.2. The van der Waals surface area contributed by atoms with Crippen molar-refractivity contribution in [3.8, 4) is 28.7 Å². The fourth-order valence-corrected chi connectivity index (χ4v) is 3.84. The first-order chi connectivity index (χ1) is 18.9. The number of anilines is 1. The van der Waals surface area contributed by atoms with Crippen molar-refractivity contribution in [2.45, 2.75) is 13.2 Å². The molecular formula is C29H30N4O6. The number of allylic oxidation sites excluding steroid dienone is 1. The molecule has 2 N–H and O–H groups in total. The Morgan fingerprint density at radius 3 is 2.21 bits per heavy atom. The quantitative estimate of drug-likeness (QED) is 0.161. The molecule has 10 nitrogen and oxygen atoms in total. The zero-order valence-corrected chi connectivity index (χ0v) is 22.2.